The maximum atomic E-state index is 8.77. The van der Waals surface area contributed by atoms with Crippen molar-refractivity contribution in [2.45, 2.75) is 32.6 Å². The molecule has 0 heterocycles. The van der Waals surface area contributed by atoms with Crippen molar-refractivity contribution in [1.82, 2.24) is 0 Å². The van der Waals surface area contributed by atoms with Crippen molar-refractivity contribution in [3.05, 3.63) is 0 Å². The van der Waals surface area contributed by atoms with Gasteiger partial charge >= 0.3 is 0 Å². The number of phosphoric acid groups is 1. The molecule has 0 rings (SSSR count). The molecule has 0 aromatic carbocycles. The molecular formula is C9H24NO4P. The average Bonchev–Trinajstić information content (AvgIpc) is 1.93. The Labute approximate surface area is 92.6 Å². The largest absolute Gasteiger partial charge is 0.756 e. The van der Waals surface area contributed by atoms with Crippen LogP contribution in [0.2, 0.25) is 0 Å². The molecule has 2 N–H and O–H groups in total. The fourth-order valence-corrected chi connectivity index (χ4v) is 1.01. The molecule has 0 aliphatic rings. The fourth-order valence-electron chi connectivity index (χ4n) is 1.01. The van der Waals surface area contributed by atoms with Crippen LogP contribution < -0.4 is 4.89 Å². The predicted molar refractivity (Wildman–Crippen MR) is 59.1 cm³/mol. The van der Waals surface area contributed by atoms with Crippen LogP contribution in [0.25, 0.3) is 0 Å². The standard InChI is InChI=1S/C9H22N.H3O4P/c1-5-6-7-8-9-10(2,3)4;1-5(2,3)4/h5-9H2,1-4H3;(H3,1,2,3,4)/q+1;/p-1. The van der Waals surface area contributed by atoms with E-state index < -0.39 is 7.82 Å². The minimum Gasteiger partial charge on any atom is -0.756 e. The van der Waals surface area contributed by atoms with Crippen molar-refractivity contribution in [1.29, 1.82) is 0 Å². The minimum atomic E-state index is -4.89. The number of nitrogens with zero attached hydrogens (tertiary/aromatic N) is 1. The molecule has 0 spiro atoms. The lowest BCUT2D eigenvalue weighted by Crippen LogP contribution is -2.35. The van der Waals surface area contributed by atoms with Gasteiger partial charge in [0.15, 0.2) is 0 Å². The Kier molecular flexibility index (Phi) is 9.60. The highest BCUT2D eigenvalue weighted by atomic mass is 31.2. The highest BCUT2D eigenvalue weighted by Crippen LogP contribution is 2.18. The third-order valence-electron chi connectivity index (χ3n) is 1.68. The summed E-state index contributed by atoms with van der Waals surface area (Å²) >= 11 is 0. The summed E-state index contributed by atoms with van der Waals surface area (Å²) in [5.41, 5.74) is 0. The van der Waals surface area contributed by atoms with E-state index in [0.29, 0.717) is 0 Å². The first-order valence-corrected chi connectivity index (χ1v) is 6.66. The lowest BCUT2D eigenvalue weighted by molar-refractivity contribution is -0.870. The Morgan fingerprint density at radius 1 is 1.13 bits per heavy atom. The summed E-state index contributed by atoms with van der Waals surface area (Å²) in [5, 5.41) is 0. The van der Waals surface area contributed by atoms with Crippen LogP contribution >= 0.6 is 7.82 Å². The van der Waals surface area contributed by atoms with Crippen molar-refractivity contribution in [2.24, 2.45) is 0 Å². The van der Waals surface area contributed by atoms with Gasteiger partial charge in [-0.05, 0) is 12.8 Å². The highest BCUT2D eigenvalue weighted by Gasteiger charge is 2.04. The van der Waals surface area contributed by atoms with Gasteiger partial charge < -0.3 is 19.2 Å². The Morgan fingerprint density at radius 3 is 1.80 bits per heavy atom. The van der Waals surface area contributed by atoms with Crippen molar-refractivity contribution in [3.63, 3.8) is 0 Å². The molecule has 94 valence electrons. The van der Waals surface area contributed by atoms with Crippen LogP contribution in [0.4, 0.5) is 0 Å². The Bertz CT molecular complexity index is 177. The van der Waals surface area contributed by atoms with Crippen molar-refractivity contribution < 1.29 is 23.7 Å². The third kappa shape index (κ3) is 41.0. The van der Waals surface area contributed by atoms with Crippen LogP contribution in [-0.2, 0) is 4.57 Å². The molecule has 6 heteroatoms. The molecule has 0 unspecified atom stereocenters. The minimum absolute atomic E-state index is 1.11. The Balaban J connectivity index is 0. The molecule has 0 fully saturated rings. The van der Waals surface area contributed by atoms with Crippen molar-refractivity contribution in [2.75, 3.05) is 27.7 Å². The van der Waals surface area contributed by atoms with Gasteiger partial charge in [-0.25, -0.2) is 0 Å². The van der Waals surface area contributed by atoms with E-state index in [2.05, 4.69) is 28.1 Å². The topological polar surface area (TPSA) is 80.6 Å². The van der Waals surface area contributed by atoms with E-state index in [1.54, 1.807) is 0 Å². The number of unbranched alkanes of at least 4 members (excludes halogenated alkanes) is 3. The predicted octanol–water partition coefficient (Wildman–Crippen LogP) is 0.712. The quantitative estimate of drug-likeness (QED) is 0.422. The van der Waals surface area contributed by atoms with Gasteiger partial charge in [-0.1, -0.05) is 19.8 Å². The van der Waals surface area contributed by atoms with Gasteiger partial charge in [-0.15, -0.1) is 0 Å². The molecule has 0 atom stereocenters. The summed E-state index contributed by atoms with van der Waals surface area (Å²) in [5.74, 6) is 0. The summed E-state index contributed by atoms with van der Waals surface area (Å²) in [6.45, 7) is 3.58. The zero-order chi connectivity index (χ0) is 12.5. The van der Waals surface area contributed by atoms with E-state index in [1.807, 2.05) is 0 Å². The SMILES string of the molecule is CCCCCC[N+](C)(C)C.O=P([O-])(O)O. The molecule has 0 aromatic heterocycles. The molecule has 15 heavy (non-hydrogen) atoms. The van der Waals surface area contributed by atoms with Gasteiger partial charge in [0, 0.05) is 0 Å². The van der Waals surface area contributed by atoms with Crippen LogP contribution in [0.15, 0.2) is 0 Å². The zero-order valence-electron chi connectivity index (χ0n) is 10.1. The first kappa shape index (κ1) is 17.5. The summed E-state index contributed by atoms with van der Waals surface area (Å²) in [4.78, 5) is 22.9. The second-order valence-corrected chi connectivity index (χ2v) is 5.55. The van der Waals surface area contributed by atoms with Gasteiger partial charge in [-0.2, -0.15) is 0 Å². The summed E-state index contributed by atoms with van der Waals surface area (Å²) in [6, 6.07) is 0. The second-order valence-electron chi connectivity index (χ2n) is 4.57. The second kappa shape index (κ2) is 8.25. The molecular weight excluding hydrogens is 217 g/mol. The first-order chi connectivity index (χ1) is 6.56. The van der Waals surface area contributed by atoms with Crippen LogP contribution in [0, 0.1) is 0 Å². The third-order valence-corrected chi connectivity index (χ3v) is 1.68. The number of hydrogen-bond acceptors (Lipinski definition) is 2. The van der Waals surface area contributed by atoms with E-state index in [0.717, 1.165) is 4.48 Å². The van der Waals surface area contributed by atoms with Gasteiger partial charge in [0.2, 0.25) is 0 Å². The number of hydrogen-bond donors (Lipinski definition) is 2. The molecule has 0 radical (unpaired) electrons. The Morgan fingerprint density at radius 2 is 1.53 bits per heavy atom. The smallest absolute Gasteiger partial charge is 0.262 e. The van der Waals surface area contributed by atoms with E-state index in [4.69, 9.17) is 19.2 Å². The average molecular weight is 241 g/mol. The van der Waals surface area contributed by atoms with Crippen LogP contribution in [0.1, 0.15) is 32.6 Å². The molecule has 5 nitrogen and oxygen atoms in total. The molecule has 0 bridgehead atoms. The summed E-state index contributed by atoms with van der Waals surface area (Å²) < 4.78 is 9.89. The monoisotopic (exact) mass is 241 g/mol. The molecule has 0 aromatic rings. The van der Waals surface area contributed by atoms with Gasteiger partial charge in [0.1, 0.15) is 0 Å². The maximum Gasteiger partial charge on any atom is 0.262 e. The van der Waals surface area contributed by atoms with Gasteiger partial charge in [-0.3, -0.25) is 4.57 Å². The van der Waals surface area contributed by atoms with Crippen LogP contribution in [0.5, 0.6) is 0 Å². The molecule has 0 aliphatic heterocycles. The lowest BCUT2D eigenvalue weighted by Gasteiger charge is -2.23. The van der Waals surface area contributed by atoms with Crippen LogP contribution in [0.3, 0.4) is 0 Å². The highest BCUT2D eigenvalue weighted by molar-refractivity contribution is 7.43. The van der Waals surface area contributed by atoms with Crippen LogP contribution in [-0.4, -0.2) is 42.0 Å². The molecule has 0 saturated heterocycles. The summed E-state index contributed by atoms with van der Waals surface area (Å²) in [6.07, 6.45) is 5.54. The summed E-state index contributed by atoms with van der Waals surface area (Å²) in [7, 11) is 1.88. The Hall–Kier alpha value is 0.0700. The van der Waals surface area contributed by atoms with E-state index >= 15 is 0 Å². The van der Waals surface area contributed by atoms with E-state index in [9.17, 15) is 0 Å². The van der Waals surface area contributed by atoms with Crippen molar-refractivity contribution in [3.8, 4) is 0 Å². The fraction of sp³-hybridized carbons (Fsp3) is 1.00. The van der Waals surface area contributed by atoms with E-state index in [1.165, 1.54) is 32.2 Å². The van der Waals surface area contributed by atoms with Gasteiger partial charge in [0.05, 0.1) is 27.7 Å². The normalized spacial score (nSPS) is 11.9. The zero-order valence-corrected chi connectivity index (χ0v) is 11.0. The molecule has 0 saturated carbocycles. The van der Waals surface area contributed by atoms with Gasteiger partial charge in [0.25, 0.3) is 7.82 Å². The van der Waals surface area contributed by atoms with Crippen molar-refractivity contribution >= 4 is 7.82 Å². The first-order valence-electron chi connectivity index (χ1n) is 5.13. The number of quaternary nitrogens is 1. The number of rotatable bonds is 5. The maximum absolute atomic E-state index is 8.77. The molecule has 0 aliphatic carbocycles. The molecule has 0 amide bonds. The lowest BCUT2D eigenvalue weighted by atomic mass is 10.2. The van der Waals surface area contributed by atoms with E-state index in [-0.39, 0.29) is 0 Å².